The molecule has 1 aromatic carbocycles. The Morgan fingerprint density at radius 2 is 2.00 bits per heavy atom. The lowest BCUT2D eigenvalue weighted by Crippen LogP contribution is -1.98. The summed E-state index contributed by atoms with van der Waals surface area (Å²) in [6, 6.07) is 7.47. The third-order valence-electron chi connectivity index (χ3n) is 2.48. The van der Waals surface area contributed by atoms with Gasteiger partial charge in [-0.3, -0.25) is 0 Å². The molecule has 2 heteroatoms. The van der Waals surface area contributed by atoms with Gasteiger partial charge in [-0.1, -0.05) is 31.2 Å². The van der Waals surface area contributed by atoms with Crippen LogP contribution in [0.3, 0.4) is 0 Å². The van der Waals surface area contributed by atoms with Crippen molar-refractivity contribution < 1.29 is 9.84 Å². The van der Waals surface area contributed by atoms with Crippen molar-refractivity contribution >= 4 is 0 Å². The monoisotopic (exact) mass is 206 g/mol. The number of rotatable bonds is 5. The third kappa shape index (κ3) is 3.40. The summed E-state index contributed by atoms with van der Waals surface area (Å²) in [5, 5.41) is 9.88. The summed E-state index contributed by atoms with van der Waals surface area (Å²) >= 11 is 0. The molecule has 0 bridgehead atoms. The fraction of sp³-hybridized carbons (Fsp3) is 0.385. The van der Waals surface area contributed by atoms with Crippen molar-refractivity contribution in [3.05, 3.63) is 42.0 Å². The van der Waals surface area contributed by atoms with Gasteiger partial charge in [0.1, 0.15) is 5.75 Å². The molecule has 0 radical (unpaired) electrons. The van der Waals surface area contributed by atoms with Crippen molar-refractivity contribution in [3.63, 3.8) is 0 Å². The van der Waals surface area contributed by atoms with E-state index in [0.717, 1.165) is 23.3 Å². The second-order valence-electron chi connectivity index (χ2n) is 3.60. The zero-order valence-corrected chi connectivity index (χ0v) is 9.36. The Kier molecular flexibility index (Phi) is 4.37. The van der Waals surface area contributed by atoms with Crippen LogP contribution in [0.1, 0.15) is 31.4 Å². The van der Waals surface area contributed by atoms with E-state index in [2.05, 4.69) is 6.58 Å². The Bertz CT molecular complexity index is 314. The maximum Gasteiger partial charge on any atom is 0.118 e. The predicted octanol–water partition coefficient (Wildman–Crippen LogP) is 3.08. The maximum absolute atomic E-state index is 9.88. The van der Waals surface area contributed by atoms with Crippen LogP contribution in [0.2, 0.25) is 0 Å². The molecule has 82 valence electrons. The average Bonchev–Trinajstić information content (AvgIpc) is 2.29. The summed E-state index contributed by atoms with van der Waals surface area (Å²) in [6.07, 6.45) is 1.08. The zero-order chi connectivity index (χ0) is 11.3. The van der Waals surface area contributed by atoms with E-state index in [1.807, 2.05) is 31.2 Å². The number of benzene rings is 1. The molecule has 1 aromatic rings. The van der Waals surface area contributed by atoms with Crippen molar-refractivity contribution in [1.82, 2.24) is 0 Å². The van der Waals surface area contributed by atoms with Gasteiger partial charge in [-0.2, -0.15) is 0 Å². The molecule has 15 heavy (non-hydrogen) atoms. The first-order chi connectivity index (χ1) is 7.17. The molecule has 1 atom stereocenters. The lowest BCUT2D eigenvalue weighted by atomic mass is 10.0. The van der Waals surface area contributed by atoms with Gasteiger partial charge in [0, 0.05) is 0 Å². The van der Waals surface area contributed by atoms with E-state index < -0.39 is 6.10 Å². The highest BCUT2D eigenvalue weighted by atomic mass is 16.5. The fourth-order valence-electron chi connectivity index (χ4n) is 1.36. The van der Waals surface area contributed by atoms with Gasteiger partial charge in [-0.05, 0) is 30.5 Å². The molecule has 0 aliphatic rings. The molecule has 0 fully saturated rings. The number of ether oxygens (including phenoxy) is 1. The molecule has 0 aliphatic carbocycles. The van der Waals surface area contributed by atoms with Crippen molar-refractivity contribution in [3.8, 4) is 5.75 Å². The predicted molar refractivity (Wildman–Crippen MR) is 62.0 cm³/mol. The third-order valence-corrected chi connectivity index (χ3v) is 2.48. The van der Waals surface area contributed by atoms with Crippen LogP contribution in [0.5, 0.6) is 5.75 Å². The second-order valence-corrected chi connectivity index (χ2v) is 3.60. The Balaban J connectivity index is 2.65. The molecule has 1 unspecified atom stereocenters. The van der Waals surface area contributed by atoms with Crippen LogP contribution < -0.4 is 4.74 Å². The van der Waals surface area contributed by atoms with Crippen LogP contribution in [0, 0.1) is 0 Å². The molecule has 0 aliphatic heterocycles. The van der Waals surface area contributed by atoms with Gasteiger partial charge in [0.05, 0.1) is 13.2 Å². The van der Waals surface area contributed by atoms with E-state index in [9.17, 15) is 5.11 Å². The van der Waals surface area contributed by atoms with Crippen LogP contribution >= 0.6 is 0 Å². The van der Waals surface area contributed by atoms with Crippen LogP contribution in [0.25, 0.3) is 0 Å². The highest BCUT2D eigenvalue weighted by Crippen LogP contribution is 2.23. The van der Waals surface area contributed by atoms with E-state index >= 15 is 0 Å². The summed E-state index contributed by atoms with van der Waals surface area (Å²) in [7, 11) is 1.63. The second kappa shape index (κ2) is 5.56. The SMILES string of the molecule is C=C(CC)CC(O)c1ccc(OC)cc1. The van der Waals surface area contributed by atoms with Gasteiger partial charge in [0.2, 0.25) is 0 Å². The molecule has 2 nitrogen and oxygen atoms in total. The fourth-order valence-corrected chi connectivity index (χ4v) is 1.36. The van der Waals surface area contributed by atoms with Crippen molar-refractivity contribution in [2.75, 3.05) is 7.11 Å². The quantitative estimate of drug-likeness (QED) is 0.750. The normalized spacial score (nSPS) is 12.2. The van der Waals surface area contributed by atoms with Crippen molar-refractivity contribution in [2.24, 2.45) is 0 Å². The first-order valence-corrected chi connectivity index (χ1v) is 5.16. The summed E-state index contributed by atoms with van der Waals surface area (Å²) in [6.45, 7) is 5.93. The van der Waals surface area contributed by atoms with E-state index in [1.165, 1.54) is 0 Å². The first kappa shape index (κ1) is 11.8. The van der Waals surface area contributed by atoms with Crippen molar-refractivity contribution in [2.45, 2.75) is 25.9 Å². The zero-order valence-electron chi connectivity index (χ0n) is 9.36. The van der Waals surface area contributed by atoms with E-state index in [-0.39, 0.29) is 0 Å². The molecule has 0 saturated carbocycles. The minimum absolute atomic E-state index is 0.455. The summed E-state index contributed by atoms with van der Waals surface area (Å²) in [5.41, 5.74) is 1.98. The Labute approximate surface area is 91.2 Å². The Hall–Kier alpha value is -1.28. The summed E-state index contributed by atoms with van der Waals surface area (Å²) in [4.78, 5) is 0. The lowest BCUT2D eigenvalue weighted by Gasteiger charge is -2.12. The Morgan fingerprint density at radius 1 is 1.40 bits per heavy atom. The van der Waals surface area contributed by atoms with Gasteiger partial charge < -0.3 is 9.84 Å². The van der Waals surface area contributed by atoms with Crippen LogP contribution in [0.4, 0.5) is 0 Å². The molecule has 0 spiro atoms. The maximum atomic E-state index is 9.88. The number of methoxy groups -OCH3 is 1. The minimum Gasteiger partial charge on any atom is -0.497 e. The van der Waals surface area contributed by atoms with Gasteiger partial charge in [0.25, 0.3) is 0 Å². The summed E-state index contributed by atoms with van der Waals surface area (Å²) < 4.78 is 5.05. The summed E-state index contributed by atoms with van der Waals surface area (Å²) in [5.74, 6) is 0.806. The largest absolute Gasteiger partial charge is 0.497 e. The molecule has 0 amide bonds. The van der Waals surface area contributed by atoms with Gasteiger partial charge in [0.15, 0.2) is 0 Å². The molecular weight excluding hydrogens is 188 g/mol. The number of hydrogen-bond donors (Lipinski definition) is 1. The van der Waals surface area contributed by atoms with Gasteiger partial charge in [-0.25, -0.2) is 0 Å². The standard InChI is InChI=1S/C13H18O2/c1-4-10(2)9-13(14)11-5-7-12(15-3)8-6-11/h5-8,13-14H,2,4,9H2,1,3H3. The topological polar surface area (TPSA) is 29.5 Å². The lowest BCUT2D eigenvalue weighted by molar-refractivity contribution is 0.177. The van der Waals surface area contributed by atoms with Gasteiger partial charge >= 0.3 is 0 Å². The highest BCUT2D eigenvalue weighted by Gasteiger charge is 2.08. The van der Waals surface area contributed by atoms with Crippen molar-refractivity contribution in [1.29, 1.82) is 0 Å². The van der Waals surface area contributed by atoms with E-state index in [1.54, 1.807) is 7.11 Å². The average molecular weight is 206 g/mol. The molecule has 1 N–H and O–H groups in total. The van der Waals surface area contributed by atoms with Crippen LogP contribution in [-0.2, 0) is 0 Å². The molecular formula is C13H18O2. The molecule has 1 rings (SSSR count). The first-order valence-electron chi connectivity index (χ1n) is 5.16. The Morgan fingerprint density at radius 3 is 2.47 bits per heavy atom. The smallest absolute Gasteiger partial charge is 0.118 e. The van der Waals surface area contributed by atoms with E-state index in [4.69, 9.17) is 4.74 Å². The van der Waals surface area contributed by atoms with Gasteiger partial charge in [-0.15, -0.1) is 0 Å². The molecule has 0 aromatic heterocycles. The minimum atomic E-state index is -0.455. The number of aliphatic hydroxyl groups is 1. The van der Waals surface area contributed by atoms with E-state index in [0.29, 0.717) is 6.42 Å². The molecule has 0 saturated heterocycles. The van der Waals surface area contributed by atoms with Crippen LogP contribution in [0.15, 0.2) is 36.4 Å². The number of hydrogen-bond acceptors (Lipinski definition) is 2. The molecule has 0 heterocycles. The highest BCUT2D eigenvalue weighted by molar-refractivity contribution is 5.28. The number of aliphatic hydroxyl groups excluding tert-OH is 1. The van der Waals surface area contributed by atoms with Crippen LogP contribution in [-0.4, -0.2) is 12.2 Å².